The van der Waals surface area contributed by atoms with Crippen LogP contribution in [0.1, 0.15) is 16.7 Å². The number of benzene rings is 1. The molecule has 2 rings (SSSR count). The lowest BCUT2D eigenvalue weighted by atomic mass is 10.1. The van der Waals surface area contributed by atoms with Gasteiger partial charge in [0.25, 0.3) is 0 Å². The van der Waals surface area contributed by atoms with Crippen molar-refractivity contribution in [3.05, 3.63) is 53.2 Å². The van der Waals surface area contributed by atoms with Gasteiger partial charge in [0.15, 0.2) is 0 Å². The Morgan fingerprint density at radius 1 is 1.12 bits per heavy atom. The number of halogens is 3. The van der Waals surface area contributed by atoms with Gasteiger partial charge in [0.2, 0.25) is 5.91 Å². The lowest BCUT2D eigenvalue weighted by Crippen LogP contribution is -2.35. The predicted octanol–water partition coefficient (Wildman–Crippen LogP) is 4.16. The van der Waals surface area contributed by atoms with Crippen molar-refractivity contribution in [2.75, 3.05) is 11.1 Å². The number of thioether (sulfide) groups is 1. The van der Waals surface area contributed by atoms with Gasteiger partial charge in [0, 0.05) is 11.9 Å². The number of hydrogen-bond acceptors (Lipinski definition) is 4. The van der Waals surface area contributed by atoms with Crippen molar-refractivity contribution in [1.29, 1.82) is 0 Å². The largest absolute Gasteiger partial charge is 0.417 e. The molecule has 1 heterocycles. The van der Waals surface area contributed by atoms with Gasteiger partial charge in [0.1, 0.15) is 0 Å². The second kappa shape index (κ2) is 8.22. The molecule has 26 heavy (non-hydrogen) atoms. The summed E-state index contributed by atoms with van der Waals surface area (Å²) in [6.45, 7) is 3.84. The Kier molecular flexibility index (Phi) is 6.25. The van der Waals surface area contributed by atoms with Gasteiger partial charge in [-0.3, -0.25) is 10.1 Å². The molecule has 2 aromatic rings. The van der Waals surface area contributed by atoms with E-state index in [4.69, 9.17) is 0 Å². The fraction of sp³-hybridized carbons (Fsp3) is 0.235. The number of pyridine rings is 1. The Bertz CT molecular complexity index is 808. The number of carbonyl (C=O) groups is 2. The van der Waals surface area contributed by atoms with E-state index in [1.165, 1.54) is 6.07 Å². The number of amides is 3. The molecule has 0 aliphatic rings. The van der Waals surface area contributed by atoms with Gasteiger partial charge in [-0.25, -0.2) is 9.78 Å². The molecule has 1 aromatic heterocycles. The number of rotatable bonds is 4. The Balaban J connectivity index is 1.82. The molecule has 0 spiro atoms. The summed E-state index contributed by atoms with van der Waals surface area (Å²) in [5.41, 5.74) is 1.76. The van der Waals surface area contributed by atoms with E-state index < -0.39 is 23.7 Å². The lowest BCUT2D eigenvalue weighted by molar-refractivity contribution is -0.137. The summed E-state index contributed by atoms with van der Waals surface area (Å²) in [6, 6.07) is 6.72. The van der Waals surface area contributed by atoms with Crippen LogP contribution in [-0.2, 0) is 11.0 Å². The number of aryl methyl sites for hydroxylation is 2. The lowest BCUT2D eigenvalue weighted by Gasteiger charge is -2.09. The second-order valence-corrected chi connectivity index (χ2v) is 6.47. The van der Waals surface area contributed by atoms with Gasteiger partial charge in [-0.05, 0) is 49.2 Å². The van der Waals surface area contributed by atoms with Crippen molar-refractivity contribution in [2.24, 2.45) is 0 Å². The maximum Gasteiger partial charge on any atom is 0.417 e. The molecule has 0 fully saturated rings. The van der Waals surface area contributed by atoms with Crippen LogP contribution in [0.5, 0.6) is 0 Å². The molecule has 1 aromatic carbocycles. The van der Waals surface area contributed by atoms with Crippen LogP contribution in [-0.4, -0.2) is 22.7 Å². The van der Waals surface area contributed by atoms with Crippen LogP contribution < -0.4 is 10.6 Å². The number of hydrogen-bond donors (Lipinski definition) is 2. The number of aromatic nitrogens is 1. The molecule has 0 atom stereocenters. The van der Waals surface area contributed by atoms with Gasteiger partial charge >= 0.3 is 12.2 Å². The summed E-state index contributed by atoms with van der Waals surface area (Å²) in [6.07, 6.45) is -3.76. The van der Waals surface area contributed by atoms with Gasteiger partial charge in [-0.2, -0.15) is 13.2 Å². The molecule has 0 unspecified atom stereocenters. The van der Waals surface area contributed by atoms with E-state index >= 15 is 0 Å². The average Bonchev–Trinajstić information content (AvgIpc) is 2.56. The number of nitrogens with zero attached hydrogens (tertiary/aromatic N) is 1. The van der Waals surface area contributed by atoms with E-state index in [9.17, 15) is 22.8 Å². The minimum Gasteiger partial charge on any atom is -0.308 e. The van der Waals surface area contributed by atoms with E-state index in [1.807, 2.05) is 19.9 Å². The first-order valence-electron chi connectivity index (χ1n) is 7.49. The molecule has 0 aliphatic heterocycles. The molecule has 2 N–H and O–H groups in total. The van der Waals surface area contributed by atoms with Crippen LogP contribution in [0.25, 0.3) is 0 Å². The summed E-state index contributed by atoms with van der Waals surface area (Å²) in [4.78, 5) is 27.2. The van der Waals surface area contributed by atoms with E-state index in [-0.39, 0.29) is 10.8 Å². The second-order valence-electron chi connectivity index (χ2n) is 5.47. The first kappa shape index (κ1) is 19.8. The van der Waals surface area contributed by atoms with E-state index in [0.29, 0.717) is 11.9 Å². The maximum atomic E-state index is 12.4. The van der Waals surface area contributed by atoms with E-state index in [1.54, 1.807) is 12.1 Å². The van der Waals surface area contributed by atoms with Crippen LogP contribution in [0.2, 0.25) is 0 Å². The highest BCUT2D eigenvalue weighted by Gasteiger charge is 2.30. The fourth-order valence-electron chi connectivity index (χ4n) is 1.92. The van der Waals surface area contributed by atoms with Crippen LogP contribution in [0, 0.1) is 13.8 Å². The third kappa shape index (κ3) is 5.76. The summed E-state index contributed by atoms with van der Waals surface area (Å²) >= 11 is 0.930. The number of urea groups is 1. The van der Waals surface area contributed by atoms with Crippen LogP contribution in [0.4, 0.5) is 23.7 Å². The van der Waals surface area contributed by atoms with E-state index in [0.717, 1.165) is 29.0 Å². The molecule has 0 saturated carbocycles. The zero-order valence-corrected chi connectivity index (χ0v) is 14.8. The highest BCUT2D eigenvalue weighted by Crippen LogP contribution is 2.29. The zero-order valence-electron chi connectivity index (χ0n) is 14.0. The number of carbonyl (C=O) groups excluding carboxylic acids is 2. The number of alkyl halides is 3. The van der Waals surface area contributed by atoms with Gasteiger partial charge in [-0.1, -0.05) is 17.8 Å². The van der Waals surface area contributed by atoms with E-state index in [2.05, 4.69) is 15.6 Å². The number of anilines is 1. The smallest absolute Gasteiger partial charge is 0.308 e. The third-order valence-corrected chi connectivity index (χ3v) is 4.38. The Labute approximate surface area is 152 Å². The third-order valence-electron chi connectivity index (χ3n) is 3.43. The highest BCUT2D eigenvalue weighted by atomic mass is 32.2. The Hall–Kier alpha value is -2.55. The summed E-state index contributed by atoms with van der Waals surface area (Å²) in [7, 11) is 0. The highest BCUT2D eigenvalue weighted by molar-refractivity contribution is 7.99. The summed E-state index contributed by atoms with van der Waals surface area (Å²) < 4.78 is 37.3. The normalized spacial score (nSPS) is 11.1. The number of nitrogens with one attached hydrogen (secondary N) is 2. The first-order chi connectivity index (χ1) is 12.1. The maximum absolute atomic E-state index is 12.4. The minimum absolute atomic E-state index is 0.154. The first-order valence-corrected chi connectivity index (χ1v) is 8.48. The molecule has 3 amide bonds. The molecule has 0 saturated heterocycles. The zero-order chi connectivity index (χ0) is 19.3. The summed E-state index contributed by atoms with van der Waals surface area (Å²) in [5.74, 6) is -0.739. The van der Waals surface area contributed by atoms with Crippen molar-refractivity contribution in [3.63, 3.8) is 0 Å². The van der Waals surface area contributed by atoms with Gasteiger partial charge < -0.3 is 5.32 Å². The topological polar surface area (TPSA) is 71.1 Å². The standard InChI is InChI=1S/C17H16F3N3O2S/c1-10-3-5-13(7-11(10)2)22-16(25)23-14(24)9-26-15-6-4-12(8-21-15)17(18,19)20/h3-8H,9H2,1-2H3,(H2,22,23,24,25). The fourth-order valence-corrected chi connectivity index (χ4v) is 2.56. The number of imide groups is 1. The SMILES string of the molecule is Cc1ccc(NC(=O)NC(=O)CSc2ccc(C(F)(F)F)cn2)cc1C. The Morgan fingerprint density at radius 3 is 2.42 bits per heavy atom. The molecule has 138 valence electrons. The van der Waals surface area contributed by atoms with Crippen LogP contribution in [0.3, 0.4) is 0 Å². The molecular weight excluding hydrogens is 367 g/mol. The molecule has 5 nitrogen and oxygen atoms in total. The Morgan fingerprint density at radius 2 is 1.85 bits per heavy atom. The molecule has 9 heteroatoms. The molecule has 0 aliphatic carbocycles. The van der Waals surface area contributed by atoms with Crippen molar-refractivity contribution in [1.82, 2.24) is 10.3 Å². The summed E-state index contributed by atoms with van der Waals surface area (Å²) in [5, 5.41) is 4.95. The van der Waals surface area contributed by atoms with Crippen molar-refractivity contribution in [2.45, 2.75) is 25.0 Å². The van der Waals surface area contributed by atoms with Crippen molar-refractivity contribution < 1.29 is 22.8 Å². The monoisotopic (exact) mass is 383 g/mol. The minimum atomic E-state index is -4.46. The average molecular weight is 383 g/mol. The molecule has 0 bridgehead atoms. The van der Waals surface area contributed by atoms with Crippen molar-refractivity contribution >= 4 is 29.4 Å². The predicted molar refractivity (Wildman–Crippen MR) is 93.0 cm³/mol. The quantitative estimate of drug-likeness (QED) is 0.778. The van der Waals surface area contributed by atoms with Gasteiger partial charge in [0.05, 0.1) is 16.3 Å². The molecule has 0 radical (unpaired) electrons. The van der Waals surface area contributed by atoms with Crippen LogP contribution >= 0.6 is 11.8 Å². The van der Waals surface area contributed by atoms with Crippen molar-refractivity contribution in [3.8, 4) is 0 Å². The van der Waals surface area contributed by atoms with Crippen LogP contribution in [0.15, 0.2) is 41.6 Å². The molecular formula is C17H16F3N3O2S. The van der Waals surface area contributed by atoms with Gasteiger partial charge in [-0.15, -0.1) is 0 Å².